The van der Waals surface area contributed by atoms with E-state index in [4.69, 9.17) is 28.5 Å². The molecule has 1 N–H and O–H groups in total. The molecule has 0 aliphatic rings. The molecule has 1 rings (SSSR count). The number of carbonyl (C=O) groups excluding carboxylic acids is 1. The summed E-state index contributed by atoms with van der Waals surface area (Å²) in [5, 5.41) is 12.6. The molecule has 1 amide bonds. The van der Waals surface area contributed by atoms with Crippen molar-refractivity contribution < 1.29 is 4.79 Å². The Hall–Kier alpha value is -1.24. The van der Waals surface area contributed by atoms with Crippen LogP contribution in [0, 0.1) is 11.3 Å². The van der Waals surface area contributed by atoms with Gasteiger partial charge in [0.25, 0.3) is 5.91 Å². The number of halogens is 2. The Morgan fingerprint density at radius 1 is 1.39 bits per heavy atom. The van der Waals surface area contributed by atoms with E-state index in [1.807, 2.05) is 13.8 Å². The molecule has 96 valence electrons. The van der Waals surface area contributed by atoms with Crippen LogP contribution in [0.1, 0.15) is 37.0 Å². The fraction of sp³-hybridized carbons (Fsp3) is 0.385. The van der Waals surface area contributed by atoms with Crippen LogP contribution in [0.25, 0.3) is 0 Å². The number of nitrogens with zero attached hydrogens (tertiary/aromatic N) is 1. The van der Waals surface area contributed by atoms with Gasteiger partial charge in [-0.15, -0.1) is 0 Å². The summed E-state index contributed by atoms with van der Waals surface area (Å²) in [6.45, 7) is 3.72. The Kier molecular flexibility index (Phi) is 5.01. The van der Waals surface area contributed by atoms with Crippen molar-refractivity contribution in [3.05, 3.63) is 33.8 Å². The van der Waals surface area contributed by atoms with E-state index in [0.29, 0.717) is 23.4 Å². The maximum absolute atomic E-state index is 12.1. The first kappa shape index (κ1) is 14.8. The monoisotopic (exact) mass is 284 g/mol. The van der Waals surface area contributed by atoms with Gasteiger partial charge in [-0.2, -0.15) is 5.26 Å². The summed E-state index contributed by atoms with van der Waals surface area (Å²) < 4.78 is 0. The normalized spacial score (nSPS) is 10.8. The highest BCUT2D eigenvalue weighted by Crippen LogP contribution is 2.22. The molecule has 3 nitrogen and oxygen atoms in total. The molecule has 0 radical (unpaired) electrons. The molecule has 0 aromatic heterocycles. The van der Waals surface area contributed by atoms with Gasteiger partial charge in [-0.25, -0.2) is 0 Å². The Bertz CT molecular complexity index is 490. The lowest BCUT2D eigenvalue weighted by Crippen LogP contribution is -2.46. The Balaban J connectivity index is 2.99. The van der Waals surface area contributed by atoms with Gasteiger partial charge in [0.1, 0.15) is 5.54 Å². The number of benzene rings is 1. The van der Waals surface area contributed by atoms with Gasteiger partial charge in [-0.1, -0.05) is 37.0 Å². The highest BCUT2D eigenvalue weighted by Gasteiger charge is 2.28. The van der Waals surface area contributed by atoms with Crippen molar-refractivity contribution in [3.8, 4) is 6.07 Å². The molecule has 1 aromatic carbocycles. The molecule has 1 aromatic rings. The van der Waals surface area contributed by atoms with E-state index in [-0.39, 0.29) is 10.9 Å². The largest absolute Gasteiger partial charge is 0.334 e. The zero-order valence-corrected chi connectivity index (χ0v) is 11.8. The quantitative estimate of drug-likeness (QED) is 0.914. The van der Waals surface area contributed by atoms with E-state index >= 15 is 0 Å². The molecule has 0 atom stereocenters. The first-order chi connectivity index (χ1) is 8.48. The van der Waals surface area contributed by atoms with Crippen molar-refractivity contribution in [2.45, 2.75) is 32.2 Å². The van der Waals surface area contributed by atoms with Gasteiger partial charge in [-0.05, 0) is 31.0 Å². The van der Waals surface area contributed by atoms with E-state index in [1.165, 1.54) is 6.07 Å². The van der Waals surface area contributed by atoms with Crippen molar-refractivity contribution in [2.24, 2.45) is 0 Å². The molecular formula is C13H14Cl2N2O. The molecule has 0 heterocycles. The first-order valence-corrected chi connectivity index (χ1v) is 6.42. The van der Waals surface area contributed by atoms with Gasteiger partial charge >= 0.3 is 0 Å². The van der Waals surface area contributed by atoms with Crippen LogP contribution in [0.2, 0.25) is 10.0 Å². The van der Waals surface area contributed by atoms with Crippen LogP contribution in [0.5, 0.6) is 0 Å². The summed E-state index contributed by atoms with van der Waals surface area (Å²) in [4.78, 5) is 12.1. The van der Waals surface area contributed by atoms with E-state index < -0.39 is 5.54 Å². The van der Waals surface area contributed by atoms with Crippen LogP contribution in [-0.4, -0.2) is 11.4 Å². The Labute approximate surface area is 117 Å². The number of carbonyl (C=O) groups is 1. The van der Waals surface area contributed by atoms with Gasteiger partial charge in [0.2, 0.25) is 0 Å². The van der Waals surface area contributed by atoms with Crippen LogP contribution >= 0.6 is 23.2 Å². The Morgan fingerprint density at radius 3 is 2.44 bits per heavy atom. The summed E-state index contributed by atoms with van der Waals surface area (Å²) in [7, 11) is 0. The summed E-state index contributed by atoms with van der Waals surface area (Å²) in [6, 6.07) is 6.79. The predicted octanol–water partition coefficient (Wildman–Crippen LogP) is 3.81. The molecule has 18 heavy (non-hydrogen) atoms. The SMILES string of the molecule is CCC(C#N)(CC)NC(=O)c1ccc(Cl)cc1Cl. The van der Waals surface area contributed by atoms with Gasteiger partial charge in [0.05, 0.1) is 16.7 Å². The molecular weight excluding hydrogens is 271 g/mol. The number of amides is 1. The van der Waals surface area contributed by atoms with Crippen LogP contribution in [-0.2, 0) is 0 Å². The number of rotatable bonds is 4. The molecule has 0 spiro atoms. The highest BCUT2D eigenvalue weighted by molar-refractivity contribution is 6.36. The third-order valence-electron chi connectivity index (χ3n) is 2.95. The van der Waals surface area contributed by atoms with Gasteiger partial charge in [-0.3, -0.25) is 4.79 Å². The van der Waals surface area contributed by atoms with Gasteiger partial charge < -0.3 is 5.32 Å². The Morgan fingerprint density at radius 2 is 2.00 bits per heavy atom. The van der Waals surface area contributed by atoms with E-state index in [0.717, 1.165) is 0 Å². The average molecular weight is 285 g/mol. The zero-order chi connectivity index (χ0) is 13.8. The molecule has 0 unspecified atom stereocenters. The van der Waals surface area contributed by atoms with Crippen LogP contribution in [0.3, 0.4) is 0 Å². The number of hydrogen-bond donors (Lipinski definition) is 1. The van der Waals surface area contributed by atoms with Crippen molar-refractivity contribution in [2.75, 3.05) is 0 Å². The fourth-order valence-corrected chi connectivity index (χ4v) is 2.07. The van der Waals surface area contributed by atoms with E-state index in [2.05, 4.69) is 11.4 Å². The van der Waals surface area contributed by atoms with Crippen molar-refractivity contribution in [1.82, 2.24) is 5.32 Å². The van der Waals surface area contributed by atoms with Crippen molar-refractivity contribution in [3.63, 3.8) is 0 Å². The summed E-state index contributed by atoms with van der Waals surface area (Å²) in [6.07, 6.45) is 1.08. The third kappa shape index (κ3) is 3.16. The number of hydrogen-bond acceptors (Lipinski definition) is 2. The second kappa shape index (κ2) is 6.08. The molecule has 5 heteroatoms. The molecule has 0 fully saturated rings. The van der Waals surface area contributed by atoms with Crippen molar-refractivity contribution >= 4 is 29.1 Å². The van der Waals surface area contributed by atoms with E-state index in [9.17, 15) is 4.79 Å². The molecule has 0 saturated heterocycles. The number of nitriles is 1. The molecule has 0 aliphatic carbocycles. The van der Waals surface area contributed by atoms with Crippen LogP contribution in [0.15, 0.2) is 18.2 Å². The lowest BCUT2D eigenvalue weighted by molar-refractivity contribution is 0.0915. The highest BCUT2D eigenvalue weighted by atomic mass is 35.5. The maximum Gasteiger partial charge on any atom is 0.254 e. The van der Waals surface area contributed by atoms with Crippen molar-refractivity contribution in [1.29, 1.82) is 5.26 Å². The predicted molar refractivity (Wildman–Crippen MR) is 72.9 cm³/mol. The smallest absolute Gasteiger partial charge is 0.254 e. The summed E-state index contributed by atoms with van der Waals surface area (Å²) >= 11 is 11.7. The minimum atomic E-state index is -0.847. The summed E-state index contributed by atoms with van der Waals surface area (Å²) in [5.41, 5.74) is -0.525. The zero-order valence-electron chi connectivity index (χ0n) is 10.3. The lowest BCUT2D eigenvalue weighted by Gasteiger charge is -2.25. The van der Waals surface area contributed by atoms with Gasteiger partial charge in [0.15, 0.2) is 0 Å². The fourth-order valence-electron chi connectivity index (χ4n) is 1.57. The number of nitrogens with one attached hydrogen (secondary N) is 1. The molecule has 0 bridgehead atoms. The first-order valence-electron chi connectivity index (χ1n) is 5.67. The maximum atomic E-state index is 12.1. The summed E-state index contributed by atoms with van der Waals surface area (Å²) in [5.74, 6) is -0.359. The standard InChI is InChI=1S/C13H14Cl2N2O/c1-3-13(4-2,8-16)17-12(18)10-6-5-9(14)7-11(10)15/h5-7H,3-4H2,1-2H3,(H,17,18). The van der Waals surface area contributed by atoms with E-state index in [1.54, 1.807) is 12.1 Å². The topological polar surface area (TPSA) is 52.9 Å². The third-order valence-corrected chi connectivity index (χ3v) is 3.50. The van der Waals surface area contributed by atoms with Gasteiger partial charge in [0, 0.05) is 5.02 Å². The molecule has 0 saturated carbocycles. The van der Waals surface area contributed by atoms with Crippen LogP contribution < -0.4 is 5.32 Å². The lowest BCUT2D eigenvalue weighted by atomic mass is 9.94. The molecule has 0 aliphatic heterocycles. The second-order valence-electron chi connectivity index (χ2n) is 3.98. The average Bonchev–Trinajstić information content (AvgIpc) is 2.36. The minimum Gasteiger partial charge on any atom is -0.334 e. The minimum absolute atomic E-state index is 0.277. The second-order valence-corrected chi connectivity index (χ2v) is 4.82. The van der Waals surface area contributed by atoms with Crippen LogP contribution in [0.4, 0.5) is 0 Å².